The Hall–Kier alpha value is -3.02. The molecule has 0 aliphatic carbocycles. The standard InChI is InChI=1S/C22H22N6O3S2/c1-3-31-21(30)17-13-8-9-28(2)10-15(13)33-20(17)24-16(29)11-32-22-25-19-18(26-27-22)12-6-4-5-7-14(12)23-19/h4-7H,3,8-11H2,1-2H3,(H,24,29)(H,23,25,27)/p+1. The molecule has 0 fully saturated rings. The Bertz CT molecular complexity index is 1370. The first-order chi connectivity index (χ1) is 16.0. The molecule has 5 rings (SSSR count). The summed E-state index contributed by atoms with van der Waals surface area (Å²) in [6, 6.07) is 7.81. The number of carbonyl (C=O) groups excluding carboxylic acids is 2. The number of nitrogens with zero attached hydrogens (tertiary/aromatic N) is 3. The van der Waals surface area contributed by atoms with Crippen LogP contribution < -0.4 is 10.2 Å². The number of nitrogens with one attached hydrogen (secondary N) is 3. The van der Waals surface area contributed by atoms with Gasteiger partial charge >= 0.3 is 5.97 Å². The van der Waals surface area contributed by atoms with Crippen LogP contribution in [0.4, 0.5) is 5.00 Å². The third-order valence-corrected chi connectivity index (χ3v) is 7.51. The molecule has 9 nitrogen and oxygen atoms in total. The first-order valence-electron chi connectivity index (χ1n) is 10.7. The highest BCUT2D eigenvalue weighted by atomic mass is 32.2. The maximum absolute atomic E-state index is 12.7. The number of quaternary nitrogens is 1. The van der Waals surface area contributed by atoms with E-state index in [0.717, 1.165) is 40.9 Å². The second-order valence-corrected chi connectivity index (χ2v) is 9.91. The lowest BCUT2D eigenvalue weighted by atomic mass is 10.0. The van der Waals surface area contributed by atoms with E-state index in [9.17, 15) is 9.59 Å². The molecular formula is C22H23N6O3S2+. The zero-order chi connectivity index (χ0) is 22.9. The van der Waals surface area contributed by atoms with Gasteiger partial charge in [0.2, 0.25) is 11.1 Å². The van der Waals surface area contributed by atoms with Crippen LogP contribution in [0.25, 0.3) is 22.1 Å². The Kier molecular flexibility index (Phi) is 6.00. The van der Waals surface area contributed by atoms with Crippen LogP contribution in [0.5, 0.6) is 0 Å². The van der Waals surface area contributed by atoms with E-state index >= 15 is 0 Å². The molecule has 4 heterocycles. The van der Waals surface area contributed by atoms with Gasteiger partial charge in [0, 0.05) is 17.3 Å². The van der Waals surface area contributed by atoms with Gasteiger partial charge in [-0.1, -0.05) is 30.0 Å². The Morgan fingerprint density at radius 1 is 1.30 bits per heavy atom. The zero-order valence-corrected chi connectivity index (χ0v) is 19.9. The van der Waals surface area contributed by atoms with Gasteiger partial charge in [0.1, 0.15) is 17.1 Å². The molecule has 4 aromatic rings. The van der Waals surface area contributed by atoms with Crippen LogP contribution in [0.1, 0.15) is 27.7 Å². The Morgan fingerprint density at radius 3 is 3.00 bits per heavy atom. The number of likely N-dealkylation sites (N-methyl/N-ethyl adjacent to an activating group) is 1. The topological polar surface area (TPSA) is 114 Å². The molecule has 1 atom stereocenters. The Labute approximate surface area is 197 Å². The van der Waals surface area contributed by atoms with Crippen molar-refractivity contribution in [3.63, 3.8) is 0 Å². The number of para-hydroxylation sites is 1. The molecule has 0 spiro atoms. The number of aromatic nitrogens is 4. The molecule has 3 aromatic heterocycles. The molecule has 1 amide bonds. The third-order valence-electron chi connectivity index (χ3n) is 5.52. The first-order valence-corrected chi connectivity index (χ1v) is 12.5. The smallest absolute Gasteiger partial charge is 0.341 e. The predicted molar refractivity (Wildman–Crippen MR) is 128 cm³/mol. The summed E-state index contributed by atoms with van der Waals surface area (Å²) >= 11 is 2.66. The van der Waals surface area contributed by atoms with Gasteiger partial charge in [-0.3, -0.25) is 4.79 Å². The van der Waals surface area contributed by atoms with Crippen molar-refractivity contribution < 1.29 is 19.2 Å². The fourth-order valence-electron chi connectivity index (χ4n) is 3.99. The summed E-state index contributed by atoms with van der Waals surface area (Å²) in [4.78, 5) is 35.6. The van der Waals surface area contributed by atoms with E-state index in [1.807, 2.05) is 24.3 Å². The highest BCUT2D eigenvalue weighted by molar-refractivity contribution is 7.99. The summed E-state index contributed by atoms with van der Waals surface area (Å²) in [5, 5.41) is 13.3. The van der Waals surface area contributed by atoms with Crippen LogP contribution in [-0.2, 0) is 22.5 Å². The molecule has 1 aliphatic rings. The van der Waals surface area contributed by atoms with Gasteiger partial charge in [-0.15, -0.1) is 21.5 Å². The molecule has 1 aromatic carbocycles. The molecule has 0 bridgehead atoms. The van der Waals surface area contributed by atoms with E-state index in [4.69, 9.17) is 4.74 Å². The number of carbonyl (C=O) groups is 2. The average Bonchev–Trinajstić information content (AvgIpc) is 3.34. The van der Waals surface area contributed by atoms with E-state index in [-0.39, 0.29) is 17.6 Å². The number of H-pyrrole nitrogens is 1. The average molecular weight is 484 g/mol. The third kappa shape index (κ3) is 4.31. The fourth-order valence-corrected chi connectivity index (χ4v) is 5.94. The normalized spacial score (nSPS) is 15.5. The summed E-state index contributed by atoms with van der Waals surface area (Å²) in [5.41, 5.74) is 3.78. The van der Waals surface area contributed by atoms with Crippen molar-refractivity contribution in [3.8, 4) is 0 Å². The van der Waals surface area contributed by atoms with Gasteiger partial charge < -0.3 is 19.9 Å². The zero-order valence-electron chi connectivity index (χ0n) is 18.2. The maximum Gasteiger partial charge on any atom is 0.341 e. The number of fused-ring (bicyclic) bond motifs is 4. The van der Waals surface area contributed by atoms with Crippen LogP contribution in [0, 0.1) is 0 Å². The van der Waals surface area contributed by atoms with Crippen LogP contribution in [0.15, 0.2) is 29.4 Å². The number of hydrogen-bond acceptors (Lipinski definition) is 8. The fraction of sp³-hybridized carbons (Fsp3) is 0.318. The molecule has 170 valence electrons. The minimum absolute atomic E-state index is 0.101. The van der Waals surface area contributed by atoms with Gasteiger partial charge in [0.05, 0.1) is 36.4 Å². The van der Waals surface area contributed by atoms with Crippen molar-refractivity contribution in [2.24, 2.45) is 0 Å². The molecule has 1 aliphatic heterocycles. The number of thioether (sulfide) groups is 1. The van der Waals surface area contributed by atoms with E-state index in [1.165, 1.54) is 28.0 Å². The lowest BCUT2D eigenvalue weighted by molar-refractivity contribution is -0.895. The monoisotopic (exact) mass is 483 g/mol. The van der Waals surface area contributed by atoms with Crippen LogP contribution in [0.3, 0.4) is 0 Å². The van der Waals surface area contributed by atoms with Crippen molar-refractivity contribution in [2.75, 3.05) is 31.3 Å². The highest BCUT2D eigenvalue weighted by Crippen LogP contribution is 2.35. The Balaban J connectivity index is 1.32. The number of esters is 1. The number of anilines is 1. The van der Waals surface area contributed by atoms with Crippen molar-refractivity contribution in [1.82, 2.24) is 20.2 Å². The summed E-state index contributed by atoms with van der Waals surface area (Å²) < 4.78 is 5.27. The molecule has 33 heavy (non-hydrogen) atoms. The van der Waals surface area contributed by atoms with E-state index in [1.54, 1.807) is 6.92 Å². The van der Waals surface area contributed by atoms with Crippen LogP contribution in [0.2, 0.25) is 0 Å². The van der Waals surface area contributed by atoms with E-state index in [2.05, 4.69) is 32.5 Å². The number of benzene rings is 1. The first kappa shape index (κ1) is 21.8. The molecule has 0 radical (unpaired) electrons. The molecular weight excluding hydrogens is 460 g/mol. The number of hydrogen-bond donors (Lipinski definition) is 3. The number of ether oxygens (including phenoxy) is 1. The van der Waals surface area contributed by atoms with Gasteiger partial charge in [-0.25, -0.2) is 9.78 Å². The van der Waals surface area contributed by atoms with Gasteiger partial charge in [0.15, 0.2) is 5.65 Å². The summed E-state index contributed by atoms with van der Waals surface area (Å²) in [6.45, 7) is 3.85. The number of thiophene rings is 1. The SMILES string of the molecule is CCOC(=O)c1c(NC(=O)CSc2nnc3c(n2)[nH]c2ccccc23)sc2c1CC[NH+](C)C2. The molecule has 3 N–H and O–H groups in total. The second kappa shape index (κ2) is 9.08. The number of rotatable bonds is 6. The minimum atomic E-state index is -0.380. The van der Waals surface area contributed by atoms with E-state index in [0.29, 0.717) is 33.5 Å². The van der Waals surface area contributed by atoms with Gasteiger partial charge in [-0.05, 0) is 18.6 Å². The van der Waals surface area contributed by atoms with Crippen molar-refractivity contribution in [3.05, 3.63) is 40.3 Å². The lowest BCUT2D eigenvalue weighted by Gasteiger charge is -2.19. The Morgan fingerprint density at radius 2 is 2.15 bits per heavy atom. The van der Waals surface area contributed by atoms with Crippen molar-refractivity contribution >= 4 is 62.0 Å². The van der Waals surface area contributed by atoms with E-state index < -0.39 is 0 Å². The lowest BCUT2D eigenvalue weighted by Crippen LogP contribution is -3.08. The molecule has 0 saturated carbocycles. The maximum atomic E-state index is 12.7. The summed E-state index contributed by atoms with van der Waals surface area (Å²) in [5.74, 6) is -0.511. The summed E-state index contributed by atoms with van der Waals surface area (Å²) in [7, 11) is 2.12. The van der Waals surface area contributed by atoms with Crippen molar-refractivity contribution in [1.29, 1.82) is 0 Å². The minimum Gasteiger partial charge on any atom is -0.462 e. The molecule has 11 heteroatoms. The van der Waals surface area contributed by atoms with Gasteiger partial charge in [0.25, 0.3) is 0 Å². The van der Waals surface area contributed by atoms with Crippen LogP contribution >= 0.6 is 23.1 Å². The predicted octanol–water partition coefficient (Wildman–Crippen LogP) is 2.05. The summed E-state index contributed by atoms with van der Waals surface area (Å²) in [6.07, 6.45) is 0.792. The second-order valence-electron chi connectivity index (χ2n) is 7.86. The largest absolute Gasteiger partial charge is 0.462 e. The molecule has 0 saturated heterocycles. The van der Waals surface area contributed by atoms with Crippen molar-refractivity contribution in [2.45, 2.75) is 25.0 Å². The number of aromatic amines is 1. The quantitative estimate of drug-likeness (QED) is 0.284. The van der Waals surface area contributed by atoms with Gasteiger partial charge in [-0.2, -0.15) is 0 Å². The van der Waals surface area contributed by atoms with Crippen LogP contribution in [-0.4, -0.2) is 58.0 Å². The highest BCUT2D eigenvalue weighted by Gasteiger charge is 2.30. The molecule has 1 unspecified atom stereocenters. The number of amides is 1.